The predicted octanol–water partition coefficient (Wildman–Crippen LogP) is 5.88. The standard InChI is InChI=1S/C33H37N5O5/c1-22-7-11-26(12-8-22)43-27-13-9-23(10-14-27)20-35-32(39)24-6-5-17-38(21-24)30-15-16-34-33(37-30)36-25-18-28(40-2)31(42-4)29(19-25)41-3/h7-16,18-19,24H,5-6,17,20-21H2,1-4H3,(H,35,39)(H,34,36,37)/t24-/m0/s1. The van der Waals surface area contributed by atoms with Crippen molar-refractivity contribution in [1.29, 1.82) is 0 Å². The zero-order valence-corrected chi connectivity index (χ0v) is 24.9. The lowest BCUT2D eigenvalue weighted by molar-refractivity contribution is -0.125. The number of aromatic nitrogens is 2. The fourth-order valence-electron chi connectivity index (χ4n) is 5.02. The zero-order valence-electron chi connectivity index (χ0n) is 24.9. The molecule has 1 saturated heterocycles. The molecule has 2 N–H and O–H groups in total. The number of hydrogen-bond donors (Lipinski definition) is 2. The number of ether oxygens (including phenoxy) is 4. The highest BCUT2D eigenvalue weighted by Gasteiger charge is 2.26. The Labute approximate surface area is 252 Å². The van der Waals surface area contributed by atoms with Gasteiger partial charge in [0.05, 0.1) is 27.2 Å². The van der Waals surface area contributed by atoms with Crippen LogP contribution in [0.25, 0.3) is 0 Å². The lowest BCUT2D eigenvalue weighted by Crippen LogP contribution is -2.43. The highest BCUT2D eigenvalue weighted by molar-refractivity contribution is 5.79. The number of piperidine rings is 1. The van der Waals surface area contributed by atoms with Gasteiger partial charge in [-0.3, -0.25) is 4.79 Å². The second-order valence-corrected chi connectivity index (χ2v) is 10.3. The van der Waals surface area contributed by atoms with Crippen molar-refractivity contribution in [2.45, 2.75) is 26.3 Å². The molecule has 3 aromatic carbocycles. The molecule has 1 aliphatic rings. The molecule has 0 saturated carbocycles. The van der Waals surface area contributed by atoms with E-state index < -0.39 is 0 Å². The normalized spacial score (nSPS) is 14.5. The van der Waals surface area contributed by atoms with Gasteiger partial charge in [-0.05, 0) is 55.7 Å². The summed E-state index contributed by atoms with van der Waals surface area (Å²) >= 11 is 0. The molecular formula is C33H37N5O5. The highest BCUT2D eigenvalue weighted by atomic mass is 16.5. The molecular weight excluding hydrogens is 546 g/mol. The van der Waals surface area contributed by atoms with E-state index in [0.29, 0.717) is 42.0 Å². The Balaban J connectivity index is 1.17. The molecule has 224 valence electrons. The Hall–Kier alpha value is -4.99. The minimum Gasteiger partial charge on any atom is -0.493 e. The van der Waals surface area contributed by atoms with Gasteiger partial charge in [-0.25, -0.2) is 4.98 Å². The summed E-state index contributed by atoms with van der Waals surface area (Å²) < 4.78 is 22.2. The van der Waals surface area contributed by atoms with Crippen LogP contribution >= 0.6 is 0 Å². The van der Waals surface area contributed by atoms with Crippen LogP contribution in [0.2, 0.25) is 0 Å². The Bertz CT molecular complexity index is 1500. The average Bonchev–Trinajstić information content (AvgIpc) is 3.05. The SMILES string of the molecule is COc1cc(Nc2nccc(N3CCC[C@H](C(=O)NCc4ccc(Oc5ccc(C)cc5)cc4)C3)n2)cc(OC)c1OC. The minimum atomic E-state index is -0.139. The Morgan fingerprint density at radius 3 is 2.26 bits per heavy atom. The van der Waals surface area contributed by atoms with E-state index in [9.17, 15) is 4.79 Å². The highest BCUT2D eigenvalue weighted by Crippen LogP contribution is 2.40. The van der Waals surface area contributed by atoms with Crippen LogP contribution in [0.1, 0.15) is 24.0 Å². The number of methoxy groups -OCH3 is 3. The molecule has 10 nitrogen and oxygen atoms in total. The van der Waals surface area contributed by atoms with Crippen LogP contribution in [0.3, 0.4) is 0 Å². The first-order valence-corrected chi connectivity index (χ1v) is 14.2. The maximum Gasteiger partial charge on any atom is 0.229 e. The maximum absolute atomic E-state index is 13.1. The van der Waals surface area contributed by atoms with Crippen LogP contribution in [-0.4, -0.2) is 50.3 Å². The number of rotatable bonds is 11. The second-order valence-electron chi connectivity index (χ2n) is 10.3. The quantitative estimate of drug-likeness (QED) is 0.224. The first-order valence-electron chi connectivity index (χ1n) is 14.2. The Morgan fingerprint density at radius 1 is 0.930 bits per heavy atom. The summed E-state index contributed by atoms with van der Waals surface area (Å²) in [5.74, 6) is 4.18. The first-order chi connectivity index (χ1) is 20.9. The third-order valence-corrected chi connectivity index (χ3v) is 7.32. The number of benzene rings is 3. The van der Waals surface area contributed by atoms with Crippen LogP contribution < -0.4 is 34.5 Å². The van der Waals surface area contributed by atoms with Gasteiger partial charge in [0.25, 0.3) is 0 Å². The van der Waals surface area contributed by atoms with Gasteiger partial charge >= 0.3 is 0 Å². The van der Waals surface area contributed by atoms with E-state index in [0.717, 1.165) is 42.3 Å². The van der Waals surface area contributed by atoms with Crippen molar-refractivity contribution in [3.63, 3.8) is 0 Å². The van der Waals surface area contributed by atoms with Crippen molar-refractivity contribution in [3.8, 4) is 28.7 Å². The smallest absolute Gasteiger partial charge is 0.229 e. The van der Waals surface area contributed by atoms with Gasteiger partial charge in [-0.1, -0.05) is 29.8 Å². The molecule has 1 amide bonds. The lowest BCUT2D eigenvalue weighted by atomic mass is 9.97. The summed E-state index contributed by atoms with van der Waals surface area (Å²) in [6.45, 7) is 3.89. The fourth-order valence-corrected chi connectivity index (χ4v) is 5.02. The molecule has 0 spiro atoms. The third-order valence-electron chi connectivity index (χ3n) is 7.32. The first kappa shape index (κ1) is 29.5. The molecule has 10 heteroatoms. The lowest BCUT2D eigenvalue weighted by Gasteiger charge is -2.33. The fraction of sp³-hybridized carbons (Fsp3) is 0.303. The van der Waals surface area contributed by atoms with Gasteiger partial charge in [0.15, 0.2) is 11.5 Å². The van der Waals surface area contributed by atoms with Gasteiger partial charge in [0.1, 0.15) is 17.3 Å². The molecule has 0 aliphatic carbocycles. The number of amides is 1. The monoisotopic (exact) mass is 583 g/mol. The molecule has 1 fully saturated rings. The number of carbonyl (C=O) groups excluding carboxylic acids is 1. The van der Waals surface area contributed by atoms with E-state index in [1.165, 1.54) is 5.56 Å². The Kier molecular flexibility index (Phi) is 9.46. The van der Waals surface area contributed by atoms with Gasteiger partial charge in [0.2, 0.25) is 17.6 Å². The summed E-state index contributed by atoms with van der Waals surface area (Å²) in [5, 5.41) is 6.33. The van der Waals surface area contributed by atoms with E-state index in [1.807, 2.05) is 61.5 Å². The molecule has 1 aliphatic heterocycles. The summed E-state index contributed by atoms with van der Waals surface area (Å²) in [6.07, 6.45) is 3.43. The van der Waals surface area contributed by atoms with Crippen molar-refractivity contribution >= 4 is 23.4 Å². The largest absolute Gasteiger partial charge is 0.493 e. The summed E-state index contributed by atoms with van der Waals surface area (Å²) in [5.41, 5.74) is 2.89. The van der Waals surface area contributed by atoms with E-state index in [1.54, 1.807) is 39.7 Å². The second kappa shape index (κ2) is 13.8. The number of anilines is 3. The molecule has 2 heterocycles. The number of nitrogens with one attached hydrogen (secondary N) is 2. The molecule has 5 rings (SSSR count). The summed E-state index contributed by atoms with van der Waals surface area (Å²) in [4.78, 5) is 24.4. The number of hydrogen-bond acceptors (Lipinski definition) is 9. The molecule has 1 aromatic heterocycles. The predicted molar refractivity (Wildman–Crippen MR) is 166 cm³/mol. The van der Waals surface area contributed by atoms with E-state index in [-0.39, 0.29) is 11.8 Å². The van der Waals surface area contributed by atoms with Crippen LogP contribution in [-0.2, 0) is 11.3 Å². The Morgan fingerprint density at radius 2 is 1.60 bits per heavy atom. The maximum atomic E-state index is 13.1. The summed E-state index contributed by atoms with van der Waals surface area (Å²) in [6, 6.07) is 21.2. The molecule has 0 bridgehead atoms. The third kappa shape index (κ3) is 7.45. The van der Waals surface area contributed by atoms with Crippen molar-refractivity contribution < 1.29 is 23.7 Å². The minimum absolute atomic E-state index is 0.0366. The van der Waals surface area contributed by atoms with Crippen molar-refractivity contribution in [2.24, 2.45) is 5.92 Å². The molecule has 0 radical (unpaired) electrons. The number of carbonyl (C=O) groups is 1. The zero-order chi connectivity index (χ0) is 30.2. The average molecular weight is 584 g/mol. The van der Waals surface area contributed by atoms with Gasteiger partial charge < -0.3 is 34.5 Å². The molecule has 1 atom stereocenters. The van der Waals surface area contributed by atoms with Gasteiger partial charge in [0, 0.05) is 43.7 Å². The molecule has 0 unspecified atom stereocenters. The van der Waals surface area contributed by atoms with E-state index >= 15 is 0 Å². The summed E-state index contributed by atoms with van der Waals surface area (Å²) in [7, 11) is 4.70. The van der Waals surface area contributed by atoms with Crippen LogP contribution in [0.4, 0.5) is 17.5 Å². The van der Waals surface area contributed by atoms with Crippen LogP contribution in [0.15, 0.2) is 72.9 Å². The van der Waals surface area contributed by atoms with E-state index in [2.05, 4.69) is 20.5 Å². The topological polar surface area (TPSA) is 107 Å². The van der Waals surface area contributed by atoms with Gasteiger partial charge in [-0.2, -0.15) is 4.98 Å². The van der Waals surface area contributed by atoms with E-state index in [4.69, 9.17) is 23.9 Å². The van der Waals surface area contributed by atoms with Crippen LogP contribution in [0.5, 0.6) is 28.7 Å². The van der Waals surface area contributed by atoms with Gasteiger partial charge in [-0.15, -0.1) is 0 Å². The number of nitrogens with zero attached hydrogens (tertiary/aromatic N) is 3. The van der Waals surface area contributed by atoms with Crippen molar-refractivity contribution in [2.75, 3.05) is 44.6 Å². The number of aryl methyl sites for hydroxylation is 1. The molecule has 43 heavy (non-hydrogen) atoms. The van der Waals surface area contributed by atoms with Crippen molar-refractivity contribution in [1.82, 2.24) is 15.3 Å². The van der Waals surface area contributed by atoms with Crippen molar-refractivity contribution in [3.05, 3.63) is 84.1 Å². The molecule has 4 aromatic rings. The van der Waals surface area contributed by atoms with Crippen LogP contribution in [0, 0.1) is 12.8 Å².